The number of halogens is 2. The van der Waals surface area contributed by atoms with Crippen molar-refractivity contribution in [1.82, 2.24) is 10.2 Å². The van der Waals surface area contributed by atoms with E-state index < -0.39 is 0 Å². The van der Waals surface area contributed by atoms with Crippen molar-refractivity contribution in [1.29, 1.82) is 0 Å². The molecule has 0 spiro atoms. The number of rotatable bonds is 3. The molecule has 1 aliphatic carbocycles. The van der Waals surface area contributed by atoms with Crippen molar-refractivity contribution in [2.75, 3.05) is 6.61 Å². The second kappa shape index (κ2) is 4.73. The highest BCUT2D eigenvalue weighted by molar-refractivity contribution is 6.32. The van der Waals surface area contributed by atoms with E-state index in [1.165, 1.54) is 0 Å². The van der Waals surface area contributed by atoms with Crippen LogP contribution in [0.4, 0.5) is 0 Å². The van der Waals surface area contributed by atoms with Crippen LogP contribution in [0.1, 0.15) is 25.7 Å². The lowest BCUT2D eigenvalue weighted by Crippen LogP contribution is -2.42. The molecule has 0 radical (unpaired) electrons. The fraction of sp³-hybridized carbons (Fsp3) is 0.600. The van der Waals surface area contributed by atoms with Crippen LogP contribution in [-0.4, -0.2) is 22.3 Å². The topological polar surface area (TPSA) is 61.0 Å². The fourth-order valence-corrected chi connectivity index (χ4v) is 2.17. The highest BCUT2D eigenvalue weighted by Gasteiger charge is 2.30. The number of aromatic nitrogens is 2. The number of ether oxygens (including phenoxy) is 1. The SMILES string of the molecule is NC1(COc2cc(Cl)nnc2Cl)CCCC1. The van der Waals surface area contributed by atoms with Gasteiger partial charge in [-0.25, -0.2) is 0 Å². The fourth-order valence-electron chi connectivity index (χ4n) is 1.88. The van der Waals surface area contributed by atoms with Gasteiger partial charge in [0.25, 0.3) is 0 Å². The van der Waals surface area contributed by atoms with Crippen LogP contribution in [0.25, 0.3) is 0 Å². The molecule has 0 saturated heterocycles. The minimum atomic E-state index is -0.237. The Labute approximate surface area is 104 Å². The van der Waals surface area contributed by atoms with Crippen molar-refractivity contribution in [3.8, 4) is 5.75 Å². The van der Waals surface area contributed by atoms with Crippen LogP contribution in [0.5, 0.6) is 5.75 Å². The van der Waals surface area contributed by atoms with Crippen molar-refractivity contribution in [3.63, 3.8) is 0 Å². The highest BCUT2D eigenvalue weighted by atomic mass is 35.5. The van der Waals surface area contributed by atoms with Gasteiger partial charge >= 0.3 is 0 Å². The zero-order valence-corrected chi connectivity index (χ0v) is 10.3. The molecule has 1 heterocycles. The Kier molecular flexibility index (Phi) is 3.52. The van der Waals surface area contributed by atoms with Gasteiger partial charge in [-0.1, -0.05) is 36.0 Å². The molecule has 0 amide bonds. The predicted molar refractivity (Wildman–Crippen MR) is 62.9 cm³/mol. The van der Waals surface area contributed by atoms with Crippen LogP contribution in [-0.2, 0) is 0 Å². The number of hydrogen-bond donors (Lipinski definition) is 1. The average molecular weight is 262 g/mol. The van der Waals surface area contributed by atoms with Gasteiger partial charge in [0.2, 0.25) is 0 Å². The van der Waals surface area contributed by atoms with Crippen molar-refractivity contribution in [3.05, 3.63) is 16.4 Å². The molecule has 1 aliphatic rings. The van der Waals surface area contributed by atoms with E-state index in [0.29, 0.717) is 12.4 Å². The molecule has 16 heavy (non-hydrogen) atoms. The normalized spacial score (nSPS) is 18.7. The molecule has 0 atom stereocenters. The molecule has 88 valence electrons. The van der Waals surface area contributed by atoms with Crippen LogP contribution >= 0.6 is 23.2 Å². The Balaban J connectivity index is 2.01. The minimum Gasteiger partial charge on any atom is -0.488 e. The lowest BCUT2D eigenvalue weighted by molar-refractivity contribution is 0.219. The van der Waals surface area contributed by atoms with Gasteiger partial charge in [0.05, 0.1) is 5.54 Å². The standard InChI is InChI=1S/C10H13Cl2N3O/c11-8-5-7(9(12)15-14-8)16-6-10(13)3-1-2-4-10/h5H,1-4,6,13H2. The van der Waals surface area contributed by atoms with Gasteiger partial charge in [0, 0.05) is 6.07 Å². The highest BCUT2D eigenvalue weighted by Crippen LogP contribution is 2.30. The molecule has 0 bridgehead atoms. The summed E-state index contributed by atoms with van der Waals surface area (Å²) in [7, 11) is 0. The molecule has 1 aromatic rings. The average Bonchev–Trinajstić information content (AvgIpc) is 2.67. The summed E-state index contributed by atoms with van der Waals surface area (Å²) in [5, 5.41) is 7.75. The van der Waals surface area contributed by atoms with Gasteiger partial charge in [-0.15, -0.1) is 10.2 Å². The van der Waals surface area contributed by atoms with Gasteiger partial charge < -0.3 is 10.5 Å². The summed E-state index contributed by atoms with van der Waals surface area (Å²) in [5.74, 6) is 0.443. The predicted octanol–water partition coefficient (Wildman–Crippen LogP) is 2.43. The van der Waals surface area contributed by atoms with Crippen molar-refractivity contribution < 1.29 is 4.74 Å². The Morgan fingerprint density at radius 2 is 2.00 bits per heavy atom. The van der Waals surface area contributed by atoms with Crippen LogP contribution in [0.2, 0.25) is 10.3 Å². The summed E-state index contributed by atoms with van der Waals surface area (Å²) in [5.41, 5.74) is 5.92. The first-order valence-corrected chi connectivity index (χ1v) is 5.95. The van der Waals surface area contributed by atoms with Gasteiger partial charge in [-0.2, -0.15) is 0 Å². The molecule has 4 nitrogen and oxygen atoms in total. The van der Waals surface area contributed by atoms with Gasteiger partial charge in [0.1, 0.15) is 6.61 Å². The second-order valence-electron chi connectivity index (χ2n) is 4.18. The van der Waals surface area contributed by atoms with E-state index in [1.54, 1.807) is 6.07 Å². The summed E-state index contributed by atoms with van der Waals surface area (Å²) in [6, 6.07) is 1.55. The molecule has 6 heteroatoms. The third-order valence-corrected chi connectivity index (χ3v) is 3.25. The zero-order valence-electron chi connectivity index (χ0n) is 8.75. The van der Waals surface area contributed by atoms with Crippen LogP contribution < -0.4 is 10.5 Å². The summed E-state index contributed by atoms with van der Waals surface area (Å²) >= 11 is 11.5. The number of nitrogens with two attached hydrogens (primary N) is 1. The Morgan fingerprint density at radius 1 is 1.31 bits per heavy atom. The molecule has 1 aromatic heterocycles. The first-order valence-electron chi connectivity index (χ1n) is 5.19. The lowest BCUT2D eigenvalue weighted by atomic mass is 10.0. The van der Waals surface area contributed by atoms with Crippen LogP contribution in [0.3, 0.4) is 0 Å². The van der Waals surface area contributed by atoms with Crippen molar-refractivity contribution in [2.45, 2.75) is 31.2 Å². The van der Waals surface area contributed by atoms with Gasteiger partial charge in [-0.3, -0.25) is 0 Å². The molecule has 2 rings (SSSR count). The summed E-state index contributed by atoms with van der Waals surface area (Å²) in [4.78, 5) is 0. The van der Waals surface area contributed by atoms with E-state index in [2.05, 4.69) is 10.2 Å². The smallest absolute Gasteiger partial charge is 0.193 e. The summed E-state index contributed by atoms with van der Waals surface area (Å²) in [6.45, 7) is 0.439. The molecular formula is C10H13Cl2N3O. The van der Waals surface area contributed by atoms with Gasteiger partial charge in [-0.05, 0) is 12.8 Å². The molecule has 0 aliphatic heterocycles. The molecule has 1 fully saturated rings. The quantitative estimate of drug-likeness (QED) is 0.908. The maximum absolute atomic E-state index is 6.16. The molecule has 1 saturated carbocycles. The zero-order chi connectivity index (χ0) is 11.6. The van der Waals surface area contributed by atoms with E-state index in [4.69, 9.17) is 33.7 Å². The van der Waals surface area contributed by atoms with E-state index in [-0.39, 0.29) is 15.8 Å². The van der Waals surface area contributed by atoms with E-state index in [9.17, 15) is 0 Å². The summed E-state index contributed by atoms with van der Waals surface area (Å²) in [6.07, 6.45) is 4.28. The molecule has 0 unspecified atom stereocenters. The van der Waals surface area contributed by atoms with E-state index in [0.717, 1.165) is 25.7 Å². The third kappa shape index (κ3) is 2.75. The van der Waals surface area contributed by atoms with E-state index in [1.807, 2.05) is 0 Å². The van der Waals surface area contributed by atoms with Crippen LogP contribution in [0, 0.1) is 0 Å². The molecule has 2 N–H and O–H groups in total. The van der Waals surface area contributed by atoms with Crippen molar-refractivity contribution in [2.24, 2.45) is 5.73 Å². The number of nitrogens with zero attached hydrogens (tertiary/aromatic N) is 2. The minimum absolute atomic E-state index is 0.214. The van der Waals surface area contributed by atoms with Crippen LogP contribution in [0.15, 0.2) is 6.07 Å². The van der Waals surface area contributed by atoms with Crippen molar-refractivity contribution >= 4 is 23.2 Å². The maximum atomic E-state index is 6.16. The largest absolute Gasteiger partial charge is 0.488 e. The first kappa shape index (κ1) is 11.9. The molecular weight excluding hydrogens is 249 g/mol. The third-order valence-electron chi connectivity index (χ3n) is 2.80. The molecule has 0 aromatic carbocycles. The second-order valence-corrected chi connectivity index (χ2v) is 4.93. The number of hydrogen-bond acceptors (Lipinski definition) is 4. The van der Waals surface area contributed by atoms with Gasteiger partial charge in [0.15, 0.2) is 16.1 Å². The maximum Gasteiger partial charge on any atom is 0.193 e. The summed E-state index contributed by atoms with van der Waals surface area (Å²) < 4.78 is 5.56. The first-order chi connectivity index (χ1) is 7.59. The Hall–Kier alpha value is -0.580. The lowest BCUT2D eigenvalue weighted by Gasteiger charge is -2.23. The van der Waals surface area contributed by atoms with E-state index >= 15 is 0 Å². The Bertz CT molecular complexity index is 380. The Morgan fingerprint density at radius 3 is 2.69 bits per heavy atom. The monoisotopic (exact) mass is 261 g/mol.